The average molecular weight is 451 g/mol. The molecule has 164 valence electrons. The Bertz CT molecular complexity index is 974. The van der Waals surface area contributed by atoms with E-state index in [1.54, 1.807) is 19.2 Å². The van der Waals surface area contributed by atoms with Crippen molar-refractivity contribution in [3.8, 4) is 5.75 Å². The van der Waals surface area contributed by atoms with Gasteiger partial charge in [0.25, 0.3) is 0 Å². The number of hydrogen-bond acceptors (Lipinski definition) is 5. The predicted octanol–water partition coefficient (Wildman–Crippen LogP) is 3.58. The van der Waals surface area contributed by atoms with Crippen LogP contribution in [0.1, 0.15) is 29.5 Å². The first kappa shape index (κ1) is 23.1. The number of halogens is 1. The van der Waals surface area contributed by atoms with E-state index >= 15 is 0 Å². The molecule has 2 aromatic carbocycles. The predicted molar refractivity (Wildman–Crippen MR) is 122 cm³/mol. The second kappa shape index (κ2) is 9.69. The van der Waals surface area contributed by atoms with Crippen molar-refractivity contribution < 1.29 is 13.2 Å². The van der Waals surface area contributed by atoms with E-state index in [9.17, 15) is 8.42 Å². The van der Waals surface area contributed by atoms with E-state index in [1.807, 2.05) is 25.1 Å². The zero-order chi connectivity index (χ0) is 20.4. The number of nitrogens with zero attached hydrogens (tertiary/aromatic N) is 1. The van der Waals surface area contributed by atoms with Gasteiger partial charge in [-0.3, -0.25) is 4.90 Å². The topological polar surface area (TPSA) is 58.6 Å². The highest BCUT2D eigenvalue weighted by Crippen LogP contribution is 2.33. The van der Waals surface area contributed by atoms with Gasteiger partial charge in [-0.05, 0) is 73.7 Å². The molecule has 2 aromatic rings. The highest BCUT2D eigenvalue weighted by Gasteiger charge is 2.40. The third-order valence-electron chi connectivity index (χ3n) is 6.19. The monoisotopic (exact) mass is 450 g/mol. The molecule has 1 saturated heterocycles. The molecular weight excluding hydrogens is 420 g/mol. The minimum atomic E-state index is -3.48. The van der Waals surface area contributed by atoms with Gasteiger partial charge in [-0.2, -0.15) is 0 Å². The maximum absolute atomic E-state index is 13.8. The van der Waals surface area contributed by atoms with Crippen molar-refractivity contribution in [1.29, 1.82) is 0 Å². The normalized spacial score (nSPS) is 20.7. The molecule has 1 fully saturated rings. The van der Waals surface area contributed by atoms with Crippen molar-refractivity contribution in [2.24, 2.45) is 5.92 Å². The average Bonchev–Trinajstić information content (AvgIpc) is 2.74. The van der Waals surface area contributed by atoms with Crippen LogP contribution in [0.15, 0.2) is 47.4 Å². The summed E-state index contributed by atoms with van der Waals surface area (Å²) in [7, 11) is -1.80. The molecule has 0 amide bonds. The SMILES string of the molecule is COc1ccc2c(c1)CCN(C(C1CCCNC1)S(=O)(=O)c1cccc(C)c1)C2.Cl. The molecule has 2 aliphatic heterocycles. The van der Waals surface area contributed by atoms with Gasteiger partial charge in [-0.15, -0.1) is 12.4 Å². The maximum Gasteiger partial charge on any atom is 0.194 e. The lowest BCUT2D eigenvalue weighted by atomic mass is 9.95. The molecular formula is C23H31ClN2O3S. The second-order valence-electron chi connectivity index (χ2n) is 8.21. The smallest absolute Gasteiger partial charge is 0.194 e. The standard InChI is InChI=1S/C23H30N2O3S.ClH/c1-17-5-3-7-22(13-17)29(26,27)23(19-6-4-11-24-15-19)25-12-10-18-14-21(28-2)9-8-20(18)16-25;/h3,5,7-9,13-14,19,23-24H,4,6,10-12,15-16H2,1-2H3;1H. The van der Waals surface area contributed by atoms with Gasteiger partial charge in [0.05, 0.1) is 12.0 Å². The largest absolute Gasteiger partial charge is 0.497 e. The molecule has 2 heterocycles. The van der Waals surface area contributed by atoms with Gasteiger partial charge >= 0.3 is 0 Å². The van der Waals surface area contributed by atoms with Crippen LogP contribution < -0.4 is 10.1 Å². The van der Waals surface area contributed by atoms with Crippen LogP contribution in [0.2, 0.25) is 0 Å². The number of rotatable bonds is 5. The summed E-state index contributed by atoms with van der Waals surface area (Å²) in [5, 5.41) is 2.91. The summed E-state index contributed by atoms with van der Waals surface area (Å²) in [6.07, 6.45) is 2.80. The number of fused-ring (bicyclic) bond motifs is 1. The zero-order valence-electron chi connectivity index (χ0n) is 17.6. The molecule has 7 heteroatoms. The van der Waals surface area contributed by atoms with Crippen molar-refractivity contribution in [2.45, 2.75) is 43.0 Å². The van der Waals surface area contributed by atoms with Crippen LogP contribution in [0.25, 0.3) is 0 Å². The summed E-state index contributed by atoms with van der Waals surface area (Å²) >= 11 is 0. The fourth-order valence-corrected chi connectivity index (χ4v) is 6.91. The van der Waals surface area contributed by atoms with Gasteiger partial charge in [0.15, 0.2) is 9.84 Å². The van der Waals surface area contributed by atoms with E-state index in [0.29, 0.717) is 11.4 Å². The van der Waals surface area contributed by atoms with E-state index in [2.05, 4.69) is 22.3 Å². The first-order valence-corrected chi connectivity index (χ1v) is 11.9. The van der Waals surface area contributed by atoms with Gasteiger partial charge in [0, 0.05) is 25.6 Å². The highest BCUT2D eigenvalue weighted by molar-refractivity contribution is 7.92. The minimum absolute atomic E-state index is 0. The lowest BCUT2D eigenvalue weighted by Crippen LogP contribution is -2.52. The van der Waals surface area contributed by atoms with E-state index < -0.39 is 15.2 Å². The van der Waals surface area contributed by atoms with Gasteiger partial charge in [-0.25, -0.2) is 8.42 Å². The van der Waals surface area contributed by atoms with Gasteiger partial charge in [0.1, 0.15) is 11.1 Å². The molecule has 0 bridgehead atoms. The van der Waals surface area contributed by atoms with E-state index in [1.165, 1.54) is 11.1 Å². The first-order chi connectivity index (χ1) is 14.0. The zero-order valence-corrected chi connectivity index (χ0v) is 19.3. The number of benzene rings is 2. The van der Waals surface area contributed by atoms with Crippen molar-refractivity contribution in [3.63, 3.8) is 0 Å². The van der Waals surface area contributed by atoms with Crippen LogP contribution in [0.5, 0.6) is 5.75 Å². The number of sulfone groups is 1. The number of aryl methyl sites for hydroxylation is 1. The molecule has 0 radical (unpaired) electrons. The molecule has 0 aromatic heterocycles. The van der Waals surface area contributed by atoms with Crippen LogP contribution in [-0.2, 0) is 22.8 Å². The molecule has 2 unspecified atom stereocenters. The number of ether oxygens (including phenoxy) is 1. The van der Waals surface area contributed by atoms with Crippen molar-refractivity contribution >= 4 is 22.2 Å². The number of hydrogen-bond donors (Lipinski definition) is 1. The second-order valence-corrected chi connectivity index (χ2v) is 10.3. The quantitative estimate of drug-likeness (QED) is 0.754. The Morgan fingerprint density at radius 3 is 2.70 bits per heavy atom. The summed E-state index contributed by atoms with van der Waals surface area (Å²) in [6.45, 7) is 5.07. The van der Waals surface area contributed by atoms with E-state index in [0.717, 1.165) is 50.2 Å². The van der Waals surface area contributed by atoms with Gasteiger partial charge < -0.3 is 10.1 Å². The molecule has 5 nitrogen and oxygen atoms in total. The number of nitrogens with one attached hydrogen (secondary N) is 1. The van der Waals surface area contributed by atoms with Crippen LogP contribution >= 0.6 is 12.4 Å². The summed E-state index contributed by atoms with van der Waals surface area (Å²) in [6, 6.07) is 13.5. The molecule has 1 N–H and O–H groups in total. The Labute approximate surface area is 186 Å². The third-order valence-corrected chi connectivity index (χ3v) is 8.42. The fraction of sp³-hybridized carbons (Fsp3) is 0.478. The van der Waals surface area contributed by atoms with Crippen molar-refractivity contribution in [2.75, 3.05) is 26.7 Å². The van der Waals surface area contributed by atoms with Crippen molar-refractivity contribution in [3.05, 3.63) is 59.2 Å². The molecule has 0 aliphatic carbocycles. The summed E-state index contributed by atoms with van der Waals surface area (Å²) in [4.78, 5) is 2.62. The number of piperidine rings is 1. The first-order valence-electron chi connectivity index (χ1n) is 10.4. The van der Waals surface area contributed by atoms with Crippen LogP contribution in [0.3, 0.4) is 0 Å². The van der Waals surface area contributed by atoms with Crippen molar-refractivity contribution in [1.82, 2.24) is 10.2 Å². The van der Waals surface area contributed by atoms with Crippen LogP contribution in [0, 0.1) is 12.8 Å². The lowest BCUT2D eigenvalue weighted by molar-refractivity contribution is 0.162. The van der Waals surface area contributed by atoms with E-state index in [4.69, 9.17) is 4.74 Å². The Kier molecular flexibility index (Phi) is 7.45. The Balaban J connectivity index is 0.00000256. The Hall–Kier alpha value is -1.60. The van der Waals surface area contributed by atoms with Gasteiger partial charge in [-0.1, -0.05) is 18.2 Å². The Morgan fingerprint density at radius 1 is 1.17 bits per heavy atom. The molecule has 2 aliphatic rings. The molecule has 2 atom stereocenters. The van der Waals surface area contributed by atoms with Crippen LogP contribution in [0.4, 0.5) is 0 Å². The maximum atomic E-state index is 13.8. The number of methoxy groups -OCH3 is 1. The highest BCUT2D eigenvalue weighted by atomic mass is 35.5. The third kappa shape index (κ3) is 4.67. The fourth-order valence-electron chi connectivity index (χ4n) is 4.70. The summed E-state index contributed by atoms with van der Waals surface area (Å²) in [5.41, 5.74) is 3.43. The molecule has 30 heavy (non-hydrogen) atoms. The summed E-state index contributed by atoms with van der Waals surface area (Å²) < 4.78 is 33.0. The van der Waals surface area contributed by atoms with E-state index in [-0.39, 0.29) is 18.3 Å². The Morgan fingerprint density at radius 2 is 2.00 bits per heavy atom. The van der Waals surface area contributed by atoms with Crippen LogP contribution in [-0.4, -0.2) is 45.4 Å². The summed E-state index contributed by atoms with van der Waals surface area (Å²) in [5.74, 6) is 0.951. The van der Waals surface area contributed by atoms with Gasteiger partial charge in [0.2, 0.25) is 0 Å². The molecule has 0 saturated carbocycles. The lowest BCUT2D eigenvalue weighted by Gasteiger charge is -2.40. The molecule has 0 spiro atoms. The molecule has 4 rings (SSSR count). The minimum Gasteiger partial charge on any atom is -0.497 e.